The van der Waals surface area contributed by atoms with Gasteiger partial charge in [0.05, 0.1) is 0 Å². The summed E-state index contributed by atoms with van der Waals surface area (Å²) in [5.41, 5.74) is 0. The average Bonchev–Trinajstić information content (AvgIpc) is 2.12. The van der Waals surface area contributed by atoms with Crippen molar-refractivity contribution in [3.05, 3.63) is 0 Å². The van der Waals surface area contributed by atoms with Crippen molar-refractivity contribution in [2.75, 3.05) is 6.61 Å². The molecule has 5 nitrogen and oxygen atoms in total. The number of aliphatic hydroxyl groups is 5. The summed E-state index contributed by atoms with van der Waals surface area (Å²) >= 11 is 2.34. The van der Waals surface area contributed by atoms with Crippen LogP contribution in [0, 0.1) is 0 Å². The minimum absolute atomic E-state index is 0.668. The molecule has 0 heterocycles. The summed E-state index contributed by atoms with van der Waals surface area (Å²) in [7, 11) is 0. The van der Waals surface area contributed by atoms with Gasteiger partial charge in [-0.1, -0.05) is 0 Å². The molecular weight excluding hydrogens is 231 g/mol. The number of hydrogen-bond acceptors (Lipinski definition) is 5. The topological polar surface area (TPSA) is 101 Å². The zero-order valence-corrected chi connectivity index (χ0v) is 7.95. The van der Waals surface area contributed by atoms with Gasteiger partial charge in [0, 0.05) is 0 Å². The monoisotopic (exact) mass is 244 g/mol. The van der Waals surface area contributed by atoms with E-state index < -0.39 is 31.0 Å². The fourth-order valence-corrected chi connectivity index (χ4v) is 0.956. The number of aliphatic hydroxyl groups excluding tert-OH is 5. The molecule has 0 rings (SSSR count). The Kier molecular flexibility index (Phi) is 5.86. The summed E-state index contributed by atoms with van der Waals surface area (Å²) in [6.45, 7) is -0.668. The normalized spacial score (nSPS) is 21.1. The summed E-state index contributed by atoms with van der Waals surface area (Å²) in [6.07, 6.45) is -5.78. The van der Waals surface area contributed by atoms with Crippen LogP contribution in [0.3, 0.4) is 0 Å². The van der Waals surface area contributed by atoms with E-state index in [1.54, 1.807) is 0 Å². The van der Waals surface area contributed by atoms with Crippen LogP contribution >= 0.6 is 0 Å². The molecular formula is C6H12O5Se. The van der Waals surface area contributed by atoms with Gasteiger partial charge in [0.25, 0.3) is 0 Å². The first-order chi connectivity index (χ1) is 5.54. The second kappa shape index (κ2) is 5.77. The summed E-state index contributed by atoms with van der Waals surface area (Å²) in [4.78, 5) is 1.15. The van der Waals surface area contributed by atoms with E-state index in [4.69, 9.17) is 25.5 Å². The van der Waals surface area contributed by atoms with Gasteiger partial charge >= 0.3 is 77.1 Å². The van der Waals surface area contributed by atoms with Crippen molar-refractivity contribution < 1.29 is 25.5 Å². The molecule has 6 heteroatoms. The molecule has 0 aromatic rings. The first-order valence-corrected chi connectivity index (χ1v) is 4.32. The zero-order chi connectivity index (χ0) is 9.72. The van der Waals surface area contributed by atoms with Gasteiger partial charge in [-0.05, 0) is 0 Å². The van der Waals surface area contributed by atoms with Gasteiger partial charge in [-0.25, -0.2) is 0 Å². The summed E-state index contributed by atoms with van der Waals surface area (Å²) in [5, 5.41) is 44.3. The van der Waals surface area contributed by atoms with Crippen LogP contribution < -0.4 is 0 Å². The molecule has 0 fully saturated rings. The SMILES string of the molecule is OC[C@@H](O)[C@H](O)[C@H](O)[C@@H](O)C=[Se]. The molecule has 0 aromatic heterocycles. The van der Waals surface area contributed by atoms with E-state index in [0.717, 1.165) is 4.92 Å². The minimum atomic E-state index is -1.56. The van der Waals surface area contributed by atoms with Crippen LogP contribution in [-0.2, 0) is 0 Å². The molecule has 0 aromatic carbocycles. The average molecular weight is 243 g/mol. The van der Waals surface area contributed by atoms with Gasteiger partial charge in [-0.15, -0.1) is 0 Å². The predicted molar refractivity (Wildman–Crippen MR) is 42.9 cm³/mol. The van der Waals surface area contributed by atoms with Gasteiger partial charge in [0.2, 0.25) is 0 Å². The Morgan fingerprint density at radius 2 is 1.58 bits per heavy atom. The summed E-state index contributed by atoms with van der Waals surface area (Å²) < 4.78 is 0. The molecule has 0 unspecified atom stereocenters. The van der Waals surface area contributed by atoms with Gasteiger partial charge in [-0.2, -0.15) is 0 Å². The first kappa shape index (κ1) is 12.2. The van der Waals surface area contributed by atoms with E-state index in [0.29, 0.717) is 0 Å². The fraction of sp³-hybridized carbons (Fsp3) is 0.833. The van der Waals surface area contributed by atoms with Gasteiger partial charge in [-0.3, -0.25) is 0 Å². The van der Waals surface area contributed by atoms with Crippen molar-refractivity contribution in [3.8, 4) is 0 Å². The number of hydrogen-bond donors (Lipinski definition) is 5. The second-order valence-electron chi connectivity index (χ2n) is 2.36. The van der Waals surface area contributed by atoms with Gasteiger partial charge in [0.1, 0.15) is 0 Å². The molecule has 5 N–H and O–H groups in total. The van der Waals surface area contributed by atoms with E-state index >= 15 is 0 Å². The Bertz CT molecular complexity index is 142. The van der Waals surface area contributed by atoms with Gasteiger partial charge in [0.15, 0.2) is 0 Å². The van der Waals surface area contributed by atoms with Gasteiger partial charge < -0.3 is 0 Å². The Hall–Kier alpha value is 0.189. The van der Waals surface area contributed by atoms with E-state index in [1.165, 1.54) is 0 Å². The van der Waals surface area contributed by atoms with Crippen LogP contribution in [0.15, 0.2) is 0 Å². The molecule has 0 aliphatic rings. The standard InChI is InChI=1S/C6H12O5Se/c7-1-3(8)5(10)6(11)4(9)2-12/h2-11H,1H2/t3-,4+,5+,6-/m1/s1. The van der Waals surface area contributed by atoms with Crippen molar-refractivity contribution in [2.45, 2.75) is 24.4 Å². The molecule has 4 atom stereocenters. The fourth-order valence-electron chi connectivity index (χ4n) is 0.618. The zero-order valence-electron chi connectivity index (χ0n) is 6.24. The molecule has 0 aliphatic heterocycles. The second-order valence-corrected chi connectivity index (χ2v) is 2.93. The van der Waals surface area contributed by atoms with Crippen molar-refractivity contribution in [1.29, 1.82) is 0 Å². The third-order valence-electron chi connectivity index (χ3n) is 1.42. The van der Waals surface area contributed by atoms with E-state index in [9.17, 15) is 0 Å². The molecule has 0 bridgehead atoms. The van der Waals surface area contributed by atoms with Crippen LogP contribution in [0.2, 0.25) is 0 Å². The third-order valence-corrected chi connectivity index (χ3v) is 2.01. The molecule has 0 radical (unpaired) electrons. The maximum atomic E-state index is 9.07. The predicted octanol–water partition coefficient (Wildman–Crippen LogP) is -3.61. The van der Waals surface area contributed by atoms with Crippen LogP contribution in [0.25, 0.3) is 0 Å². The number of rotatable bonds is 5. The maximum absolute atomic E-state index is 9.07. The molecule has 0 spiro atoms. The van der Waals surface area contributed by atoms with Crippen LogP contribution in [0.1, 0.15) is 0 Å². The molecule has 0 saturated heterocycles. The molecule has 0 saturated carbocycles. The molecule has 0 aliphatic carbocycles. The first-order valence-electron chi connectivity index (χ1n) is 3.33. The Balaban J connectivity index is 4.07. The van der Waals surface area contributed by atoms with E-state index in [-0.39, 0.29) is 0 Å². The van der Waals surface area contributed by atoms with E-state index in [1.807, 2.05) is 0 Å². The van der Waals surface area contributed by atoms with Crippen LogP contribution in [0.5, 0.6) is 0 Å². The summed E-state index contributed by atoms with van der Waals surface area (Å²) in [5.74, 6) is 0. The molecule has 12 heavy (non-hydrogen) atoms. The van der Waals surface area contributed by atoms with Crippen LogP contribution in [-0.4, -0.2) is 77.1 Å². The van der Waals surface area contributed by atoms with Crippen LogP contribution in [0.4, 0.5) is 0 Å². The van der Waals surface area contributed by atoms with Crippen molar-refractivity contribution in [1.82, 2.24) is 0 Å². The quantitative estimate of drug-likeness (QED) is 0.321. The van der Waals surface area contributed by atoms with E-state index in [2.05, 4.69) is 15.6 Å². The van der Waals surface area contributed by atoms with Crippen molar-refractivity contribution in [3.63, 3.8) is 0 Å². The Morgan fingerprint density at radius 1 is 1.08 bits per heavy atom. The van der Waals surface area contributed by atoms with Crippen molar-refractivity contribution in [2.24, 2.45) is 0 Å². The van der Waals surface area contributed by atoms with Crippen molar-refractivity contribution >= 4 is 20.5 Å². The molecule has 72 valence electrons. The third kappa shape index (κ3) is 3.28. The Labute approximate surface area is 77.6 Å². The Morgan fingerprint density at radius 3 is 1.92 bits per heavy atom. The molecule has 0 amide bonds. The summed E-state index contributed by atoms with van der Waals surface area (Å²) in [6, 6.07) is 0.